The minimum atomic E-state index is 0.257. The summed E-state index contributed by atoms with van der Waals surface area (Å²) >= 11 is 1.70. The second-order valence-corrected chi connectivity index (χ2v) is 4.92. The topological polar surface area (TPSA) is 37.8 Å². The molecule has 0 aliphatic rings. The first-order chi connectivity index (χ1) is 8.31. The SMILES string of the molecule is CCNC(Cc1nccs1)c1ncccc1C. The van der Waals surface area contributed by atoms with Crippen molar-refractivity contribution in [2.24, 2.45) is 0 Å². The Bertz CT molecular complexity index is 453. The molecular formula is C13H17N3S. The van der Waals surface area contributed by atoms with Crippen LogP contribution in [0.15, 0.2) is 29.9 Å². The first kappa shape index (κ1) is 12.2. The van der Waals surface area contributed by atoms with E-state index >= 15 is 0 Å². The largest absolute Gasteiger partial charge is 0.309 e. The number of hydrogen-bond donors (Lipinski definition) is 1. The van der Waals surface area contributed by atoms with Gasteiger partial charge in [-0.3, -0.25) is 4.98 Å². The lowest BCUT2D eigenvalue weighted by Gasteiger charge is -2.17. The molecule has 2 heterocycles. The van der Waals surface area contributed by atoms with Crippen LogP contribution in [0.3, 0.4) is 0 Å². The predicted octanol–water partition coefficient (Wildman–Crippen LogP) is 2.74. The third-order valence-electron chi connectivity index (χ3n) is 2.69. The van der Waals surface area contributed by atoms with Crippen LogP contribution in [0.25, 0.3) is 0 Å². The zero-order chi connectivity index (χ0) is 12.1. The normalized spacial score (nSPS) is 12.6. The molecule has 0 aliphatic heterocycles. The molecule has 0 radical (unpaired) electrons. The van der Waals surface area contributed by atoms with Crippen molar-refractivity contribution in [3.8, 4) is 0 Å². The van der Waals surface area contributed by atoms with Crippen LogP contribution in [0.5, 0.6) is 0 Å². The Labute approximate surface area is 106 Å². The summed E-state index contributed by atoms with van der Waals surface area (Å²) in [6, 6.07) is 4.34. The number of rotatable bonds is 5. The molecule has 0 spiro atoms. The zero-order valence-electron chi connectivity index (χ0n) is 10.2. The lowest BCUT2D eigenvalue weighted by Crippen LogP contribution is -2.24. The average Bonchev–Trinajstić information content (AvgIpc) is 2.82. The van der Waals surface area contributed by atoms with Gasteiger partial charge in [0, 0.05) is 24.2 Å². The van der Waals surface area contributed by atoms with E-state index in [0.29, 0.717) is 0 Å². The summed E-state index contributed by atoms with van der Waals surface area (Å²) < 4.78 is 0. The number of aryl methyl sites for hydroxylation is 1. The van der Waals surface area contributed by atoms with Gasteiger partial charge in [-0.1, -0.05) is 13.0 Å². The molecule has 0 bridgehead atoms. The fourth-order valence-corrected chi connectivity index (χ4v) is 2.57. The summed E-state index contributed by atoms with van der Waals surface area (Å²) in [5.74, 6) is 0. The van der Waals surface area contributed by atoms with Gasteiger partial charge in [-0.05, 0) is 25.1 Å². The lowest BCUT2D eigenvalue weighted by atomic mass is 10.1. The van der Waals surface area contributed by atoms with Crippen LogP contribution in [-0.2, 0) is 6.42 Å². The molecule has 0 amide bonds. The number of aromatic nitrogens is 2. The van der Waals surface area contributed by atoms with Crippen LogP contribution in [0.1, 0.15) is 29.2 Å². The Morgan fingerprint density at radius 3 is 2.88 bits per heavy atom. The molecule has 2 rings (SSSR count). The van der Waals surface area contributed by atoms with Gasteiger partial charge in [-0.25, -0.2) is 4.98 Å². The van der Waals surface area contributed by atoms with Crippen LogP contribution < -0.4 is 5.32 Å². The van der Waals surface area contributed by atoms with Gasteiger partial charge in [0.25, 0.3) is 0 Å². The molecule has 0 aliphatic carbocycles. The molecule has 1 N–H and O–H groups in total. The van der Waals surface area contributed by atoms with Crippen LogP contribution in [0, 0.1) is 6.92 Å². The molecular weight excluding hydrogens is 230 g/mol. The Morgan fingerprint density at radius 2 is 2.24 bits per heavy atom. The highest BCUT2D eigenvalue weighted by atomic mass is 32.1. The molecule has 0 aromatic carbocycles. The van der Waals surface area contributed by atoms with E-state index in [-0.39, 0.29) is 6.04 Å². The van der Waals surface area contributed by atoms with Crippen molar-refractivity contribution < 1.29 is 0 Å². The third kappa shape index (κ3) is 3.11. The molecule has 0 saturated carbocycles. The van der Waals surface area contributed by atoms with Crippen molar-refractivity contribution in [2.75, 3.05) is 6.54 Å². The monoisotopic (exact) mass is 247 g/mol. The fourth-order valence-electron chi connectivity index (χ4n) is 1.90. The molecule has 0 saturated heterocycles. The van der Waals surface area contributed by atoms with Crippen LogP contribution in [0.4, 0.5) is 0 Å². The second-order valence-electron chi connectivity index (χ2n) is 3.95. The molecule has 0 fully saturated rings. The van der Waals surface area contributed by atoms with E-state index in [1.807, 2.05) is 23.8 Å². The molecule has 1 unspecified atom stereocenters. The van der Waals surface area contributed by atoms with Crippen LogP contribution in [0.2, 0.25) is 0 Å². The van der Waals surface area contributed by atoms with Crippen molar-refractivity contribution in [1.29, 1.82) is 0 Å². The van der Waals surface area contributed by atoms with Crippen molar-refractivity contribution in [3.05, 3.63) is 46.2 Å². The summed E-state index contributed by atoms with van der Waals surface area (Å²) in [6.45, 7) is 5.16. The van der Waals surface area contributed by atoms with Crippen molar-refractivity contribution in [3.63, 3.8) is 0 Å². The molecule has 17 heavy (non-hydrogen) atoms. The summed E-state index contributed by atoms with van der Waals surface area (Å²) in [4.78, 5) is 8.84. The van der Waals surface area contributed by atoms with Crippen molar-refractivity contribution in [1.82, 2.24) is 15.3 Å². The van der Waals surface area contributed by atoms with Gasteiger partial charge in [0.1, 0.15) is 0 Å². The van der Waals surface area contributed by atoms with Gasteiger partial charge in [0.05, 0.1) is 16.7 Å². The maximum atomic E-state index is 4.49. The van der Waals surface area contributed by atoms with Gasteiger partial charge in [0.15, 0.2) is 0 Å². The number of nitrogens with one attached hydrogen (secondary N) is 1. The van der Waals surface area contributed by atoms with Gasteiger partial charge < -0.3 is 5.32 Å². The van der Waals surface area contributed by atoms with Gasteiger partial charge in [-0.2, -0.15) is 0 Å². The van der Waals surface area contributed by atoms with Gasteiger partial charge in [0.2, 0.25) is 0 Å². The summed E-state index contributed by atoms with van der Waals surface area (Å²) in [6.07, 6.45) is 4.62. The van der Waals surface area contributed by atoms with E-state index in [1.165, 1.54) is 5.56 Å². The van der Waals surface area contributed by atoms with Gasteiger partial charge >= 0.3 is 0 Å². The maximum absolute atomic E-state index is 4.49. The Morgan fingerprint density at radius 1 is 1.35 bits per heavy atom. The first-order valence-corrected chi connectivity index (χ1v) is 6.72. The predicted molar refractivity (Wildman–Crippen MR) is 71.2 cm³/mol. The van der Waals surface area contributed by atoms with Gasteiger partial charge in [-0.15, -0.1) is 11.3 Å². The molecule has 2 aromatic heterocycles. The second kappa shape index (κ2) is 5.89. The van der Waals surface area contributed by atoms with Crippen molar-refractivity contribution in [2.45, 2.75) is 26.3 Å². The number of pyridine rings is 1. The Hall–Kier alpha value is -1.26. The quantitative estimate of drug-likeness (QED) is 0.883. The highest BCUT2D eigenvalue weighted by molar-refractivity contribution is 7.09. The standard InChI is InChI=1S/C13H17N3S/c1-3-14-11(9-12-15-7-8-17-12)13-10(2)5-4-6-16-13/h4-8,11,14H,3,9H2,1-2H3. The Balaban J connectivity index is 2.20. The van der Waals surface area contributed by atoms with E-state index in [9.17, 15) is 0 Å². The van der Waals surface area contributed by atoms with E-state index in [1.54, 1.807) is 11.3 Å². The molecule has 2 aromatic rings. The number of likely N-dealkylation sites (N-methyl/N-ethyl adjacent to an activating group) is 1. The minimum absolute atomic E-state index is 0.257. The lowest BCUT2D eigenvalue weighted by molar-refractivity contribution is 0.533. The highest BCUT2D eigenvalue weighted by Gasteiger charge is 2.15. The van der Waals surface area contributed by atoms with E-state index in [2.05, 4.69) is 35.2 Å². The summed E-state index contributed by atoms with van der Waals surface area (Å²) in [5, 5.41) is 6.65. The maximum Gasteiger partial charge on any atom is 0.0944 e. The fraction of sp³-hybridized carbons (Fsp3) is 0.385. The average molecular weight is 247 g/mol. The summed E-state index contributed by atoms with van der Waals surface area (Å²) in [5.41, 5.74) is 2.36. The van der Waals surface area contributed by atoms with E-state index in [0.717, 1.165) is 23.7 Å². The first-order valence-electron chi connectivity index (χ1n) is 5.84. The van der Waals surface area contributed by atoms with E-state index in [4.69, 9.17) is 0 Å². The van der Waals surface area contributed by atoms with Crippen LogP contribution in [-0.4, -0.2) is 16.5 Å². The molecule has 90 valence electrons. The number of thiazole rings is 1. The molecule has 3 nitrogen and oxygen atoms in total. The number of hydrogen-bond acceptors (Lipinski definition) is 4. The smallest absolute Gasteiger partial charge is 0.0944 e. The van der Waals surface area contributed by atoms with Crippen LogP contribution >= 0.6 is 11.3 Å². The zero-order valence-corrected chi connectivity index (χ0v) is 11.0. The molecule has 1 atom stereocenters. The minimum Gasteiger partial charge on any atom is -0.309 e. The highest BCUT2D eigenvalue weighted by Crippen LogP contribution is 2.20. The van der Waals surface area contributed by atoms with Crippen molar-refractivity contribution >= 4 is 11.3 Å². The summed E-state index contributed by atoms with van der Waals surface area (Å²) in [7, 11) is 0. The number of nitrogens with zero attached hydrogens (tertiary/aromatic N) is 2. The third-order valence-corrected chi connectivity index (χ3v) is 3.49. The molecule has 4 heteroatoms. The van der Waals surface area contributed by atoms with E-state index < -0.39 is 0 Å². The Kier molecular flexibility index (Phi) is 4.23.